The van der Waals surface area contributed by atoms with Gasteiger partial charge in [-0.15, -0.1) is 0 Å². The predicted octanol–water partition coefficient (Wildman–Crippen LogP) is 4.78. The van der Waals surface area contributed by atoms with E-state index >= 15 is 0 Å². The van der Waals surface area contributed by atoms with E-state index in [4.69, 9.17) is 11.6 Å². The molecule has 0 unspecified atom stereocenters. The highest BCUT2D eigenvalue weighted by molar-refractivity contribution is 9.10. The molecule has 0 saturated heterocycles. The Morgan fingerprint density at radius 1 is 1.28 bits per heavy atom. The van der Waals surface area contributed by atoms with Crippen LogP contribution in [0.5, 0.6) is 0 Å². The Labute approximate surface area is 118 Å². The number of aryl methyl sites for hydroxylation is 1. The minimum Gasteiger partial charge on any atom is -0.288 e. The van der Waals surface area contributed by atoms with Gasteiger partial charge >= 0.3 is 0 Å². The van der Waals surface area contributed by atoms with Gasteiger partial charge in [0.05, 0.1) is 10.0 Å². The molecule has 0 aromatic heterocycles. The number of ketones is 1. The number of carbonyl (C=O) groups is 1. The van der Waals surface area contributed by atoms with Crippen molar-refractivity contribution in [3.8, 4) is 0 Å². The lowest BCUT2D eigenvalue weighted by molar-refractivity contribution is 0.103. The molecule has 0 fully saturated rings. The first-order valence-electron chi connectivity index (χ1n) is 5.25. The van der Waals surface area contributed by atoms with Crippen LogP contribution in [0, 0.1) is 12.7 Å². The van der Waals surface area contributed by atoms with Crippen LogP contribution in [-0.2, 0) is 0 Å². The smallest absolute Gasteiger partial charge is 0.196 e. The van der Waals surface area contributed by atoms with E-state index in [2.05, 4.69) is 15.9 Å². The van der Waals surface area contributed by atoms with Gasteiger partial charge in [-0.1, -0.05) is 17.7 Å². The van der Waals surface area contributed by atoms with Crippen LogP contribution in [0.3, 0.4) is 0 Å². The Morgan fingerprint density at radius 2 is 2.00 bits per heavy atom. The van der Waals surface area contributed by atoms with Crippen molar-refractivity contribution in [2.45, 2.75) is 6.92 Å². The Kier molecular flexibility index (Phi) is 3.83. The number of rotatable bonds is 2. The summed E-state index contributed by atoms with van der Waals surface area (Å²) < 4.78 is 14.1. The molecule has 4 heteroatoms. The molecule has 0 aliphatic rings. The third kappa shape index (κ3) is 2.47. The molecule has 2 aromatic rings. The lowest BCUT2D eigenvalue weighted by Gasteiger charge is -2.06. The molecule has 0 heterocycles. The molecule has 0 aliphatic heterocycles. The SMILES string of the molecule is Cc1cc(C(=O)c2cccc(Br)c2F)ccc1Cl. The van der Waals surface area contributed by atoms with Crippen molar-refractivity contribution in [3.05, 3.63) is 68.4 Å². The van der Waals surface area contributed by atoms with Crippen LogP contribution in [0.25, 0.3) is 0 Å². The number of carbonyl (C=O) groups excluding carboxylic acids is 1. The summed E-state index contributed by atoms with van der Waals surface area (Å²) in [5.74, 6) is -0.899. The zero-order chi connectivity index (χ0) is 13.3. The highest BCUT2D eigenvalue weighted by Crippen LogP contribution is 2.23. The zero-order valence-corrected chi connectivity index (χ0v) is 11.8. The first-order chi connectivity index (χ1) is 8.50. The molecule has 0 aliphatic carbocycles. The molecule has 92 valence electrons. The molecule has 2 aromatic carbocycles. The predicted molar refractivity (Wildman–Crippen MR) is 73.7 cm³/mol. The van der Waals surface area contributed by atoms with Crippen molar-refractivity contribution >= 4 is 33.3 Å². The lowest BCUT2D eigenvalue weighted by Crippen LogP contribution is -2.05. The van der Waals surface area contributed by atoms with Crippen molar-refractivity contribution in [1.82, 2.24) is 0 Å². The molecule has 18 heavy (non-hydrogen) atoms. The van der Waals surface area contributed by atoms with Gasteiger partial charge in [-0.2, -0.15) is 0 Å². The molecule has 0 radical (unpaired) electrons. The van der Waals surface area contributed by atoms with Gasteiger partial charge in [0.25, 0.3) is 0 Å². The number of hydrogen-bond acceptors (Lipinski definition) is 1. The van der Waals surface area contributed by atoms with E-state index in [0.29, 0.717) is 10.6 Å². The van der Waals surface area contributed by atoms with Gasteiger partial charge in [0.1, 0.15) is 5.82 Å². The van der Waals surface area contributed by atoms with E-state index in [1.807, 2.05) is 0 Å². The molecule has 0 atom stereocenters. The Hall–Kier alpha value is -1.19. The van der Waals surface area contributed by atoms with Crippen molar-refractivity contribution in [3.63, 3.8) is 0 Å². The van der Waals surface area contributed by atoms with Crippen LogP contribution in [0.15, 0.2) is 40.9 Å². The number of halogens is 3. The van der Waals surface area contributed by atoms with Gasteiger partial charge in [-0.25, -0.2) is 4.39 Å². The van der Waals surface area contributed by atoms with Gasteiger partial charge < -0.3 is 0 Å². The fourth-order valence-corrected chi connectivity index (χ4v) is 2.10. The standard InChI is InChI=1S/C14H9BrClFO/c1-8-7-9(5-6-12(8)16)14(18)10-3-2-4-11(15)13(10)17/h2-7H,1H3. The van der Waals surface area contributed by atoms with E-state index in [9.17, 15) is 9.18 Å². The molecule has 0 spiro atoms. The topological polar surface area (TPSA) is 17.1 Å². The third-order valence-corrected chi connectivity index (χ3v) is 3.65. The Balaban J connectivity index is 2.48. The number of benzene rings is 2. The summed E-state index contributed by atoms with van der Waals surface area (Å²) in [6.45, 7) is 1.80. The maximum atomic E-state index is 13.8. The van der Waals surface area contributed by atoms with E-state index < -0.39 is 5.82 Å². The normalized spacial score (nSPS) is 10.4. The summed E-state index contributed by atoms with van der Waals surface area (Å²) >= 11 is 8.96. The van der Waals surface area contributed by atoms with Gasteiger partial charge in [-0.3, -0.25) is 4.79 Å². The largest absolute Gasteiger partial charge is 0.288 e. The monoisotopic (exact) mass is 326 g/mol. The molecule has 1 nitrogen and oxygen atoms in total. The number of hydrogen-bond donors (Lipinski definition) is 0. The van der Waals surface area contributed by atoms with Crippen molar-refractivity contribution in [1.29, 1.82) is 0 Å². The zero-order valence-electron chi connectivity index (χ0n) is 9.51. The fourth-order valence-electron chi connectivity index (χ4n) is 1.62. The maximum Gasteiger partial charge on any atom is 0.196 e. The molecule has 0 bridgehead atoms. The summed E-state index contributed by atoms with van der Waals surface area (Å²) in [6, 6.07) is 9.54. The second-order valence-corrected chi connectivity index (χ2v) is 5.16. The summed E-state index contributed by atoms with van der Waals surface area (Å²) in [6.07, 6.45) is 0. The van der Waals surface area contributed by atoms with Gasteiger partial charge in [-0.05, 0) is 58.7 Å². The van der Waals surface area contributed by atoms with Gasteiger partial charge in [0.15, 0.2) is 5.78 Å². The van der Waals surface area contributed by atoms with Crippen LogP contribution in [0.4, 0.5) is 4.39 Å². The Morgan fingerprint density at radius 3 is 2.67 bits per heavy atom. The van der Waals surface area contributed by atoms with Crippen LogP contribution in [0.2, 0.25) is 5.02 Å². The highest BCUT2D eigenvalue weighted by atomic mass is 79.9. The van der Waals surface area contributed by atoms with E-state index in [-0.39, 0.29) is 15.8 Å². The molecular weight excluding hydrogens is 319 g/mol. The van der Waals surface area contributed by atoms with Crippen LogP contribution in [0.1, 0.15) is 21.5 Å². The molecule has 0 saturated carbocycles. The van der Waals surface area contributed by atoms with Crippen LogP contribution < -0.4 is 0 Å². The Bertz CT molecular complexity index is 625. The van der Waals surface area contributed by atoms with Crippen LogP contribution in [-0.4, -0.2) is 5.78 Å². The van der Waals surface area contributed by atoms with Gasteiger partial charge in [0, 0.05) is 10.6 Å². The second kappa shape index (κ2) is 5.21. The molecule has 0 amide bonds. The minimum absolute atomic E-state index is 0.0473. The highest BCUT2D eigenvalue weighted by Gasteiger charge is 2.16. The summed E-state index contributed by atoms with van der Waals surface area (Å²) in [4.78, 5) is 12.2. The average molecular weight is 328 g/mol. The summed E-state index contributed by atoms with van der Waals surface area (Å²) in [7, 11) is 0. The van der Waals surface area contributed by atoms with Crippen LogP contribution >= 0.6 is 27.5 Å². The average Bonchev–Trinajstić information content (AvgIpc) is 2.35. The van der Waals surface area contributed by atoms with Crippen molar-refractivity contribution in [2.24, 2.45) is 0 Å². The third-order valence-electron chi connectivity index (χ3n) is 2.62. The van der Waals surface area contributed by atoms with Crippen molar-refractivity contribution in [2.75, 3.05) is 0 Å². The molecular formula is C14H9BrClFO. The maximum absolute atomic E-state index is 13.8. The van der Waals surface area contributed by atoms with E-state index in [1.54, 1.807) is 37.3 Å². The first-order valence-corrected chi connectivity index (χ1v) is 6.42. The summed E-state index contributed by atoms with van der Waals surface area (Å²) in [5.41, 5.74) is 1.26. The van der Waals surface area contributed by atoms with Gasteiger partial charge in [0.2, 0.25) is 0 Å². The first kappa shape index (κ1) is 13.2. The fraction of sp³-hybridized carbons (Fsp3) is 0.0714. The van der Waals surface area contributed by atoms with E-state index in [1.165, 1.54) is 6.07 Å². The van der Waals surface area contributed by atoms with E-state index in [0.717, 1.165) is 5.56 Å². The van der Waals surface area contributed by atoms with Crippen molar-refractivity contribution < 1.29 is 9.18 Å². The molecule has 2 rings (SSSR count). The minimum atomic E-state index is -0.546. The summed E-state index contributed by atoms with van der Waals surface area (Å²) in [5, 5.41) is 0.585. The quantitative estimate of drug-likeness (QED) is 0.725. The second-order valence-electron chi connectivity index (χ2n) is 3.89. The lowest BCUT2D eigenvalue weighted by atomic mass is 10.0. The molecule has 0 N–H and O–H groups in total.